The monoisotopic (exact) mass is 313 g/mol. The summed E-state index contributed by atoms with van der Waals surface area (Å²) in [4.78, 5) is 19.3. The number of carbonyl (C=O) groups is 1. The highest BCUT2D eigenvalue weighted by atomic mass is 16.3. The summed E-state index contributed by atoms with van der Waals surface area (Å²) in [7, 11) is 0. The Morgan fingerprint density at radius 3 is 2.91 bits per heavy atom. The number of hydrogen-bond donors (Lipinski definition) is 1. The average molecular weight is 313 g/mol. The van der Waals surface area contributed by atoms with Crippen molar-refractivity contribution in [2.45, 2.75) is 32.2 Å². The van der Waals surface area contributed by atoms with Crippen LogP contribution >= 0.6 is 0 Å². The first-order chi connectivity index (χ1) is 11.3. The van der Waals surface area contributed by atoms with Crippen LogP contribution in [0.25, 0.3) is 0 Å². The Morgan fingerprint density at radius 2 is 2.17 bits per heavy atom. The van der Waals surface area contributed by atoms with Crippen molar-refractivity contribution < 1.29 is 9.21 Å². The maximum Gasteiger partial charge on any atom is 0.254 e. The number of aromatic nitrogens is 3. The molecule has 23 heavy (non-hydrogen) atoms. The lowest BCUT2D eigenvalue weighted by Crippen LogP contribution is -2.40. The molecule has 1 fully saturated rings. The zero-order valence-corrected chi connectivity index (χ0v) is 13.0. The van der Waals surface area contributed by atoms with Crippen molar-refractivity contribution in [3.05, 3.63) is 41.8 Å². The molecule has 1 N–H and O–H groups in total. The van der Waals surface area contributed by atoms with Crippen LogP contribution in [0.2, 0.25) is 0 Å². The molecule has 1 amide bonds. The number of piperidine rings is 1. The van der Waals surface area contributed by atoms with Gasteiger partial charge >= 0.3 is 0 Å². The van der Waals surface area contributed by atoms with E-state index in [9.17, 15) is 4.79 Å². The second-order valence-electron chi connectivity index (χ2n) is 5.96. The van der Waals surface area contributed by atoms with Crippen LogP contribution < -0.4 is 5.32 Å². The molecular weight excluding hydrogens is 294 g/mol. The summed E-state index contributed by atoms with van der Waals surface area (Å²) in [6.45, 7) is 3.53. The van der Waals surface area contributed by atoms with Crippen molar-refractivity contribution >= 4 is 11.9 Å². The number of rotatable bonds is 2. The zero-order chi connectivity index (χ0) is 15.8. The molecule has 0 aliphatic carbocycles. The first kappa shape index (κ1) is 14.0. The molecule has 1 saturated heterocycles. The van der Waals surface area contributed by atoms with Crippen LogP contribution in [0.4, 0.5) is 5.95 Å². The standard InChI is InChI=1S/C16H19N5O2/c1-11-13(15(22)20-7-3-2-4-8-20)14(12-6-5-9-23-12)21-16(19-11)17-10-18-21/h5-6,9-10,14H,2-4,7-8H2,1H3,(H,17,18,19). The molecular formula is C16H19N5O2. The minimum Gasteiger partial charge on any atom is -0.467 e. The highest BCUT2D eigenvalue weighted by Crippen LogP contribution is 2.35. The van der Waals surface area contributed by atoms with Gasteiger partial charge in [-0.05, 0) is 38.3 Å². The molecule has 1 unspecified atom stereocenters. The second-order valence-corrected chi connectivity index (χ2v) is 5.96. The summed E-state index contributed by atoms with van der Waals surface area (Å²) < 4.78 is 7.31. The molecule has 2 aromatic heterocycles. The molecule has 120 valence electrons. The van der Waals surface area contributed by atoms with Crippen LogP contribution in [0.1, 0.15) is 38.0 Å². The summed E-state index contributed by atoms with van der Waals surface area (Å²) in [5.74, 6) is 1.37. The van der Waals surface area contributed by atoms with Crippen molar-refractivity contribution in [2.24, 2.45) is 0 Å². The Kier molecular flexibility index (Phi) is 3.40. The molecule has 4 heterocycles. The lowest BCUT2D eigenvalue weighted by molar-refractivity contribution is -0.128. The van der Waals surface area contributed by atoms with E-state index in [1.807, 2.05) is 24.0 Å². The minimum absolute atomic E-state index is 0.0530. The van der Waals surface area contributed by atoms with Gasteiger partial charge in [-0.2, -0.15) is 10.1 Å². The van der Waals surface area contributed by atoms with E-state index < -0.39 is 0 Å². The van der Waals surface area contributed by atoms with E-state index in [0.29, 0.717) is 17.3 Å². The molecule has 2 aromatic rings. The third kappa shape index (κ3) is 2.32. The van der Waals surface area contributed by atoms with E-state index in [-0.39, 0.29) is 11.9 Å². The van der Waals surface area contributed by atoms with Gasteiger partial charge < -0.3 is 14.6 Å². The topological polar surface area (TPSA) is 76.2 Å². The Labute approximate surface area is 134 Å². The SMILES string of the molecule is CC1=C(C(=O)N2CCCCC2)C(c2ccco2)n2ncnc2N1. The summed E-state index contributed by atoms with van der Waals surface area (Å²) in [5, 5.41) is 7.47. The van der Waals surface area contributed by atoms with Crippen LogP contribution in [-0.2, 0) is 4.79 Å². The summed E-state index contributed by atoms with van der Waals surface area (Å²) in [5.41, 5.74) is 1.49. The number of nitrogens with one attached hydrogen (secondary N) is 1. The molecule has 2 aliphatic heterocycles. The van der Waals surface area contributed by atoms with E-state index in [4.69, 9.17) is 4.42 Å². The van der Waals surface area contributed by atoms with Gasteiger partial charge in [-0.3, -0.25) is 4.79 Å². The molecule has 7 heteroatoms. The third-order valence-corrected chi connectivity index (χ3v) is 4.48. The van der Waals surface area contributed by atoms with Gasteiger partial charge in [-0.15, -0.1) is 0 Å². The number of likely N-dealkylation sites (tertiary alicyclic amines) is 1. The van der Waals surface area contributed by atoms with E-state index >= 15 is 0 Å². The van der Waals surface area contributed by atoms with E-state index in [1.54, 1.807) is 10.9 Å². The number of hydrogen-bond acceptors (Lipinski definition) is 5. The number of allylic oxidation sites excluding steroid dienone is 1. The van der Waals surface area contributed by atoms with Crippen molar-refractivity contribution in [1.82, 2.24) is 19.7 Å². The van der Waals surface area contributed by atoms with Crippen molar-refractivity contribution in [3.8, 4) is 0 Å². The zero-order valence-electron chi connectivity index (χ0n) is 13.0. The van der Waals surface area contributed by atoms with E-state index in [2.05, 4.69) is 15.4 Å². The first-order valence-electron chi connectivity index (χ1n) is 7.95. The van der Waals surface area contributed by atoms with Gasteiger partial charge in [0.25, 0.3) is 5.91 Å². The molecule has 1 atom stereocenters. The quantitative estimate of drug-likeness (QED) is 0.919. The number of anilines is 1. The van der Waals surface area contributed by atoms with Crippen LogP contribution in [-0.4, -0.2) is 38.7 Å². The van der Waals surface area contributed by atoms with Gasteiger partial charge in [0.1, 0.15) is 18.1 Å². The fourth-order valence-electron chi connectivity index (χ4n) is 3.35. The molecule has 0 bridgehead atoms. The highest BCUT2D eigenvalue weighted by Gasteiger charge is 2.37. The highest BCUT2D eigenvalue weighted by molar-refractivity contribution is 5.96. The first-order valence-corrected chi connectivity index (χ1v) is 7.95. The minimum atomic E-state index is -0.377. The van der Waals surface area contributed by atoms with Crippen LogP contribution in [0.5, 0.6) is 0 Å². The van der Waals surface area contributed by atoms with E-state index in [1.165, 1.54) is 12.7 Å². The van der Waals surface area contributed by atoms with Gasteiger partial charge in [-0.25, -0.2) is 4.68 Å². The van der Waals surface area contributed by atoms with Crippen LogP contribution in [0, 0.1) is 0 Å². The van der Waals surface area contributed by atoms with Crippen molar-refractivity contribution in [3.63, 3.8) is 0 Å². The summed E-state index contributed by atoms with van der Waals surface area (Å²) >= 11 is 0. The Balaban J connectivity index is 1.77. The number of carbonyl (C=O) groups excluding carboxylic acids is 1. The van der Waals surface area contributed by atoms with Gasteiger partial charge in [0.05, 0.1) is 11.8 Å². The molecule has 4 rings (SSSR count). The largest absolute Gasteiger partial charge is 0.467 e. The Morgan fingerprint density at radius 1 is 1.35 bits per heavy atom. The molecule has 2 aliphatic rings. The molecule has 0 spiro atoms. The maximum absolute atomic E-state index is 13.1. The van der Waals surface area contributed by atoms with Crippen molar-refractivity contribution in [2.75, 3.05) is 18.4 Å². The van der Waals surface area contributed by atoms with Gasteiger partial charge in [0, 0.05) is 18.8 Å². The van der Waals surface area contributed by atoms with Gasteiger partial charge in [0.2, 0.25) is 5.95 Å². The second kappa shape index (κ2) is 5.57. The Bertz CT molecular complexity index is 740. The molecule has 0 radical (unpaired) electrons. The predicted octanol–water partition coefficient (Wildman–Crippen LogP) is 2.17. The number of nitrogens with zero attached hydrogens (tertiary/aromatic N) is 4. The lowest BCUT2D eigenvalue weighted by Gasteiger charge is -2.33. The lowest BCUT2D eigenvalue weighted by atomic mass is 9.98. The molecule has 0 aromatic carbocycles. The molecule has 7 nitrogen and oxygen atoms in total. The van der Waals surface area contributed by atoms with E-state index in [0.717, 1.165) is 31.6 Å². The fourth-order valence-corrected chi connectivity index (χ4v) is 3.35. The smallest absolute Gasteiger partial charge is 0.254 e. The van der Waals surface area contributed by atoms with Crippen molar-refractivity contribution in [1.29, 1.82) is 0 Å². The Hall–Kier alpha value is -2.57. The molecule has 0 saturated carbocycles. The average Bonchev–Trinajstić information content (AvgIpc) is 3.25. The van der Waals surface area contributed by atoms with Gasteiger partial charge in [-0.1, -0.05) is 0 Å². The predicted molar refractivity (Wildman–Crippen MR) is 83.6 cm³/mol. The fraction of sp³-hybridized carbons (Fsp3) is 0.438. The third-order valence-electron chi connectivity index (χ3n) is 4.48. The van der Waals surface area contributed by atoms with Crippen LogP contribution in [0.15, 0.2) is 40.4 Å². The normalized spacial score (nSPS) is 21.1. The van der Waals surface area contributed by atoms with Gasteiger partial charge in [0.15, 0.2) is 0 Å². The van der Waals surface area contributed by atoms with Crippen LogP contribution in [0.3, 0.4) is 0 Å². The number of amides is 1. The summed E-state index contributed by atoms with van der Waals surface area (Å²) in [6, 6.07) is 3.32. The number of furan rings is 1. The summed E-state index contributed by atoms with van der Waals surface area (Å²) in [6.07, 6.45) is 6.41. The maximum atomic E-state index is 13.1. The number of fused-ring (bicyclic) bond motifs is 1.